The molecule has 0 fully saturated rings. The normalized spacial score (nSPS) is 13.4. The van der Waals surface area contributed by atoms with Gasteiger partial charge < -0.3 is 32.2 Å². The summed E-state index contributed by atoms with van der Waals surface area (Å²) in [6.45, 7) is 2.07. The van der Waals surface area contributed by atoms with Crippen molar-refractivity contribution in [2.24, 2.45) is 28.1 Å². The van der Waals surface area contributed by atoms with Crippen LogP contribution in [0.2, 0.25) is 0 Å². The Hall–Kier alpha value is -1.66. The molecular weight excluding hydrogens is 384 g/mol. The number of nitrogens with two attached hydrogens (primary N) is 3. The van der Waals surface area contributed by atoms with Crippen molar-refractivity contribution >= 4 is 48.3 Å². The number of carboxylic acid groups (broad SMARTS) is 2. The number of carbonyl (C=O) groups excluding carboxylic acids is 1. The number of carbonyl (C=O) groups is 3. The third kappa shape index (κ3) is 14.7. The Bertz CT molecular complexity index is 474. The highest BCUT2D eigenvalue weighted by Crippen LogP contribution is 2.07. The quantitative estimate of drug-likeness (QED) is 0.0836. The number of carboxylic acids is 2. The molecule has 0 saturated carbocycles. The van der Waals surface area contributed by atoms with Gasteiger partial charge in [0.15, 0.2) is 5.96 Å². The fourth-order valence-corrected chi connectivity index (χ4v) is 1.94. The predicted molar refractivity (Wildman–Crippen MR) is 104 cm³/mol. The second-order valence-corrected chi connectivity index (χ2v) is 6.47. The van der Waals surface area contributed by atoms with Crippen molar-refractivity contribution in [1.82, 2.24) is 0 Å². The summed E-state index contributed by atoms with van der Waals surface area (Å²) in [5, 5.41) is 17.1. The van der Waals surface area contributed by atoms with Crippen LogP contribution in [0.3, 0.4) is 0 Å². The van der Waals surface area contributed by atoms with Crippen LogP contribution in [0.1, 0.15) is 19.8 Å². The number of esters is 1. The first-order valence-corrected chi connectivity index (χ1v) is 9.66. The summed E-state index contributed by atoms with van der Waals surface area (Å²) in [6, 6.07) is -0.820. The Morgan fingerprint density at radius 2 is 1.81 bits per heavy atom. The largest absolute Gasteiger partial charge is 0.480 e. The van der Waals surface area contributed by atoms with Gasteiger partial charge in [-0.05, 0) is 19.1 Å². The maximum Gasteiger partial charge on any atom is 0.345 e. The summed E-state index contributed by atoms with van der Waals surface area (Å²) in [5.74, 6) is -2.37. The molecule has 0 aliphatic carbocycles. The van der Waals surface area contributed by atoms with Crippen LogP contribution in [0, 0.1) is 5.92 Å². The maximum atomic E-state index is 11.2. The van der Waals surface area contributed by atoms with Crippen molar-refractivity contribution in [1.29, 1.82) is 0 Å². The van der Waals surface area contributed by atoms with Crippen molar-refractivity contribution in [3.8, 4) is 0 Å². The number of nitrogens with zero attached hydrogens (tertiary/aromatic N) is 1. The van der Waals surface area contributed by atoms with E-state index in [9.17, 15) is 14.4 Å². The first-order chi connectivity index (χ1) is 12.1. The summed E-state index contributed by atoms with van der Waals surface area (Å²) in [5.41, 5.74) is 15.3. The summed E-state index contributed by atoms with van der Waals surface area (Å²) < 4.78 is 4.80. The first-order valence-electron chi connectivity index (χ1n) is 7.63. The van der Waals surface area contributed by atoms with Gasteiger partial charge in [0.2, 0.25) is 6.10 Å². The van der Waals surface area contributed by atoms with E-state index in [1.807, 2.05) is 0 Å². The minimum Gasteiger partial charge on any atom is -0.480 e. The molecule has 1 unspecified atom stereocenters. The molecule has 0 heterocycles. The van der Waals surface area contributed by atoms with Gasteiger partial charge in [-0.3, -0.25) is 14.6 Å². The Labute approximate surface area is 162 Å². The molecule has 26 heavy (non-hydrogen) atoms. The molecule has 10 nitrogen and oxygen atoms in total. The molecule has 0 bridgehead atoms. The number of guanidine groups is 1. The van der Waals surface area contributed by atoms with Crippen LogP contribution < -0.4 is 17.2 Å². The van der Waals surface area contributed by atoms with Crippen molar-refractivity contribution in [2.45, 2.75) is 31.9 Å². The third-order valence-electron chi connectivity index (χ3n) is 2.81. The van der Waals surface area contributed by atoms with Crippen molar-refractivity contribution in [2.75, 3.05) is 24.3 Å². The predicted octanol–water partition coefficient (Wildman–Crippen LogP) is -0.636. The zero-order valence-corrected chi connectivity index (χ0v) is 16.5. The van der Waals surface area contributed by atoms with E-state index >= 15 is 0 Å². The Morgan fingerprint density at radius 1 is 1.23 bits per heavy atom. The molecule has 8 N–H and O–H groups in total. The van der Waals surface area contributed by atoms with E-state index in [-0.39, 0.29) is 17.6 Å². The average Bonchev–Trinajstić information content (AvgIpc) is 2.57. The topological polar surface area (TPSA) is 191 Å². The van der Waals surface area contributed by atoms with Gasteiger partial charge in [-0.15, -0.1) is 0 Å². The summed E-state index contributed by atoms with van der Waals surface area (Å²) in [7, 11) is 0. The van der Waals surface area contributed by atoms with Gasteiger partial charge in [-0.25, -0.2) is 4.79 Å². The fraction of sp³-hybridized carbons (Fsp3) is 0.714. The molecule has 3 atom stereocenters. The highest BCUT2D eigenvalue weighted by molar-refractivity contribution is 7.98. The zero-order chi connectivity index (χ0) is 20.7. The molecule has 0 saturated heterocycles. The van der Waals surface area contributed by atoms with Gasteiger partial charge in [0.05, 0.1) is 5.92 Å². The average molecular weight is 413 g/mol. The highest BCUT2D eigenvalue weighted by atomic mass is 32.2. The minimum absolute atomic E-state index is 0.0129. The van der Waals surface area contributed by atoms with Crippen LogP contribution in [0.4, 0.5) is 0 Å². The van der Waals surface area contributed by atoms with Crippen molar-refractivity contribution < 1.29 is 29.3 Å². The molecular formula is C14H28N4O6S2. The molecule has 0 aliphatic heterocycles. The molecule has 0 radical (unpaired) electrons. The maximum absolute atomic E-state index is 11.2. The standard InChI is InChI=1S/C8H14O4S2.C6H14N4O2/c1-5(3-13)8(11)12-6(4-14-2)7(9)10;7-4(5(11)12)2-1-3-10-6(8)9/h5-6,13H,3-4H2,1-2H3,(H,9,10);4H,1-3,7H2,(H,11,12)(H4,8,9,10)/t5-,6?;4-/m00/s1. The van der Waals surface area contributed by atoms with Gasteiger partial charge >= 0.3 is 17.9 Å². The number of ether oxygens (including phenoxy) is 1. The molecule has 0 aromatic heterocycles. The number of rotatable bonds is 11. The molecule has 0 spiro atoms. The van der Waals surface area contributed by atoms with E-state index in [0.717, 1.165) is 0 Å². The third-order valence-corrected chi connectivity index (χ3v) is 4.00. The van der Waals surface area contributed by atoms with Gasteiger partial charge in [0.25, 0.3) is 0 Å². The smallest absolute Gasteiger partial charge is 0.345 e. The number of thioether (sulfide) groups is 1. The van der Waals surface area contributed by atoms with Crippen LogP contribution in [-0.4, -0.2) is 70.5 Å². The highest BCUT2D eigenvalue weighted by Gasteiger charge is 2.24. The van der Waals surface area contributed by atoms with Crippen molar-refractivity contribution in [3.05, 3.63) is 0 Å². The lowest BCUT2D eigenvalue weighted by Crippen LogP contribution is -2.31. The molecule has 0 aliphatic rings. The fourth-order valence-electron chi connectivity index (χ4n) is 1.28. The SMILES string of the molecule is CSCC(OC(=O)[C@@H](C)CS)C(=O)O.NC(N)=NCCC[C@H](N)C(=O)O. The molecule has 0 aromatic carbocycles. The Morgan fingerprint density at radius 3 is 2.19 bits per heavy atom. The van der Waals surface area contributed by atoms with Crippen LogP contribution in [-0.2, 0) is 19.1 Å². The zero-order valence-electron chi connectivity index (χ0n) is 14.8. The first kappa shape index (κ1) is 26.6. The summed E-state index contributed by atoms with van der Waals surface area (Å²) in [6.07, 6.45) is 1.66. The molecule has 0 amide bonds. The molecule has 152 valence electrons. The monoisotopic (exact) mass is 412 g/mol. The van der Waals surface area contributed by atoms with E-state index < -0.39 is 30.1 Å². The molecule has 12 heteroatoms. The lowest BCUT2D eigenvalue weighted by Gasteiger charge is -2.14. The van der Waals surface area contributed by atoms with E-state index in [1.54, 1.807) is 13.2 Å². The summed E-state index contributed by atoms with van der Waals surface area (Å²) >= 11 is 5.25. The number of thiol groups is 1. The van der Waals surface area contributed by atoms with Crippen molar-refractivity contribution in [3.63, 3.8) is 0 Å². The van der Waals surface area contributed by atoms with E-state index in [2.05, 4.69) is 17.6 Å². The lowest BCUT2D eigenvalue weighted by atomic mass is 10.2. The number of hydrogen-bond acceptors (Lipinski definition) is 8. The Kier molecular flexibility index (Phi) is 15.9. The van der Waals surface area contributed by atoms with Crippen LogP contribution >= 0.6 is 24.4 Å². The van der Waals surface area contributed by atoms with Gasteiger partial charge in [0.1, 0.15) is 6.04 Å². The summed E-state index contributed by atoms with van der Waals surface area (Å²) in [4.78, 5) is 35.7. The van der Waals surface area contributed by atoms with Crippen LogP contribution in [0.15, 0.2) is 4.99 Å². The van der Waals surface area contributed by atoms with Crippen LogP contribution in [0.5, 0.6) is 0 Å². The lowest BCUT2D eigenvalue weighted by molar-refractivity contribution is -0.164. The minimum atomic E-state index is -1.11. The second kappa shape index (κ2) is 15.6. The molecule has 0 aromatic rings. The second-order valence-electron chi connectivity index (χ2n) is 5.20. The van der Waals surface area contributed by atoms with E-state index in [1.165, 1.54) is 11.8 Å². The van der Waals surface area contributed by atoms with Gasteiger partial charge in [-0.2, -0.15) is 24.4 Å². The van der Waals surface area contributed by atoms with E-state index in [4.69, 9.17) is 32.2 Å². The number of aliphatic imine (C=N–C) groups is 1. The van der Waals surface area contributed by atoms with Gasteiger partial charge in [0, 0.05) is 18.1 Å². The Balaban J connectivity index is 0. The molecule has 0 rings (SSSR count). The van der Waals surface area contributed by atoms with Crippen LogP contribution in [0.25, 0.3) is 0 Å². The van der Waals surface area contributed by atoms with E-state index in [0.29, 0.717) is 25.1 Å². The number of hydrogen-bond donors (Lipinski definition) is 6. The number of aliphatic carboxylic acids is 2. The van der Waals surface area contributed by atoms with Gasteiger partial charge in [-0.1, -0.05) is 6.92 Å².